The number of halogens is 1. The zero-order valence-corrected chi connectivity index (χ0v) is 9.04. The molecule has 0 saturated carbocycles. The number of rotatable bonds is 5. The van der Waals surface area contributed by atoms with Crippen molar-refractivity contribution in [1.29, 1.82) is 0 Å². The number of aromatic nitrogens is 2. The van der Waals surface area contributed by atoms with E-state index in [0.717, 1.165) is 11.3 Å². The quantitative estimate of drug-likeness (QED) is 0.553. The first-order chi connectivity index (χ1) is 6.79. The van der Waals surface area contributed by atoms with Crippen LogP contribution in [0.4, 0.5) is 0 Å². The average Bonchev–Trinajstić information content (AvgIpc) is 2.21. The lowest BCUT2D eigenvalue weighted by Crippen LogP contribution is -2.07. The summed E-state index contributed by atoms with van der Waals surface area (Å²) in [5, 5.41) is 0. The van der Waals surface area contributed by atoms with E-state index < -0.39 is 0 Å². The number of hydrogen-bond acceptors (Lipinski definition) is 4. The topological polar surface area (TPSA) is 44.2 Å². The standard InChI is InChI=1S/C9H13ClN2O2/c1-7-8(5-10)11-6-12-9(7)14-4-3-13-2/h6H,3-5H2,1-2H3. The molecule has 0 N–H and O–H groups in total. The molecule has 78 valence electrons. The van der Waals surface area contributed by atoms with Crippen LogP contribution in [0, 0.1) is 6.92 Å². The highest BCUT2D eigenvalue weighted by atomic mass is 35.5. The van der Waals surface area contributed by atoms with Crippen molar-refractivity contribution >= 4 is 11.6 Å². The highest BCUT2D eigenvalue weighted by Crippen LogP contribution is 2.17. The molecule has 1 heterocycles. The fourth-order valence-electron chi connectivity index (χ4n) is 0.970. The monoisotopic (exact) mass is 216 g/mol. The minimum Gasteiger partial charge on any atom is -0.475 e. The lowest BCUT2D eigenvalue weighted by atomic mass is 10.3. The van der Waals surface area contributed by atoms with Gasteiger partial charge in [-0.3, -0.25) is 0 Å². The van der Waals surface area contributed by atoms with Gasteiger partial charge in [0.1, 0.15) is 12.9 Å². The van der Waals surface area contributed by atoms with Crippen LogP contribution in [0.1, 0.15) is 11.3 Å². The van der Waals surface area contributed by atoms with Crippen molar-refractivity contribution in [2.75, 3.05) is 20.3 Å². The number of hydrogen-bond donors (Lipinski definition) is 0. The Bertz CT molecular complexity index is 294. The van der Waals surface area contributed by atoms with Crippen LogP contribution in [0.5, 0.6) is 5.88 Å². The Morgan fingerprint density at radius 2 is 2.14 bits per heavy atom. The summed E-state index contributed by atoms with van der Waals surface area (Å²) in [6, 6.07) is 0. The molecular weight excluding hydrogens is 204 g/mol. The van der Waals surface area contributed by atoms with Crippen molar-refractivity contribution in [2.24, 2.45) is 0 Å². The Morgan fingerprint density at radius 1 is 1.36 bits per heavy atom. The molecule has 4 nitrogen and oxygen atoms in total. The summed E-state index contributed by atoms with van der Waals surface area (Å²) in [6.45, 7) is 2.91. The highest BCUT2D eigenvalue weighted by Gasteiger charge is 2.06. The van der Waals surface area contributed by atoms with Gasteiger partial charge in [-0.15, -0.1) is 11.6 Å². The second kappa shape index (κ2) is 5.78. The normalized spacial score (nSPS) is 10.2. The van der Waals surface area contributed by atoms with Crippen LogP contribution < -0.4 is 4.74 Å². The van der Waals surface area contributed by atoms with E-state index in [4.69, 9.17) is 21.1 Å². The Labute approximate surface area is 88.2 Å². The van der Waals surface area contributed by atoms with Gasteiger partial charge in [0.25, 0.3) is 0 Å². The fourth-order valence-corrected chi connectivity index (χ4v) is 1.24. The molecule has 0 radical (unpaired) electrons. The van der Waals surface area contributed by atoms with Gasteiger partial charge in [-0.1, -0.05) is 0 Å². The lowest BCUT2D eigenvalue weighted by Gasteiger charge is -2.08. The van der Waals surface area contributed by atoms with Gasteiger partial charge in [0.15, 0.2) is 0 Å². The first-order valence-corrected chi connectivity index (χ1v) is 4.81. The van der Waals surface area contributed by atoms with Gasteiger partial charge in [0.2, 0.25) is 5.88 Å². The summed E-state index contributed by atoms with van der Waals surface area (Å²) >= 11 is 5.69. The second-order valence-electron chi connectivity index (χ2n) is 2.73. The highest BCUT2D eigenvalue weighted by molar-refractivity contribution is 6.17. The molecule has 0 atom stereocenters. The Balaban J connectivity index is 2.66. The maximum absolute atomic E-state index is 5.69. The van der Waals surface area contributed by atoms with Crippen molar-refractivity contribution in [1.82, 2.24) is 9.97 Å². The summed E-state index contributed by atoms with van der Waals surface area (Å²) < 4.78 is 10.3. The zero-order chi connectivity index (χ0) is 10.4. The SMILES string of the molecule is COCCOc1ncnc(CCl)c1C. The van der Waals surface area contributed by atoms with Gasteiger partial charge in [0, 0.05) is 12.7 Å². The van der Waals surface area contributed by atoms with Crippen LogP contribution in [-0.4, -0.2) is 30.3 Å². The number of ether oxygens (including phenoxy) is 2. The van der Waals surface area contributed by atoms with E-state index in [-0.39, 0.29) is 0 Å². The third-order valence-corrected chi connectivity index (χ3v) is 2.05. The van der Waals surface area contributed by atoms with Crippen LogP contribution >= 0.6 is 11.6 Å². The maximum atomic E-state index is 5.69. The molecule has 0 aliphatic heterocycles. The first kappa shape index (κ1) is 11.2. The smallest absolute Gasteiger partial charge is 0.219 e. The summed E-state index contributed by atoms with van der Waals surface area (Å²) in [5.74, 6) is 0.947. The predicted octanol–water partition coefficient (Wildman–Crippen LogP) is 1.55. The summed E-state index contributed by atoms with van der Waals surface area (Å²) in [4.78, 5) is 8.04. The number of alkyl halides is 1. The van der Waals surface area contributed by atoms with Crippen LogP contribution in [0.15, 0.2) is 6.33 Å². The van der Waals surface area contributed by atoms with Crippen LogP contribution in [0.25, 0.3) is 0 Å². The van der Waals surface area contributed by atoms with Crippen molar-refractivity contribution in [2.45, 2.75) is 12.8 Å². The zero-order valence-electron chi connectivity index (χ0n) is 8.29. The molecule has 1 aromatic heterocycles. The van der Waals surface area contributed by atoms with E-state index in [2.05, 4.69) is 9.97 Å². The molecule has 0 amide bonds. The Kier molecular flexibility index (Phi) is 4.62. The fraction of sp³-hybridized carbons (Fsp3) is 0.556. The molecule has 0 saturated heterocycles. The second-order valence-corrected chi connectivity index (χ2v) is 2.99. The summed E-state index contributed by atoms with van der Waals surface area (Å²) in [7, 11) is 1.63. The van der Waals surface area contributed by atoms with Crippen LogP contribution in [0.3, 0.4) is 0 Å². The molecule has 0 bridgehead atoms. The van der Waals surface area contributed by atoms with Gasteiger partial charge in [0.05, 0.1) is 18.2 Å². The molecule has 5 heteroatoms. The molecule has 1 rings (SSSR count). The number of nitrogens with zero attached hydrogens (tertiary/aromatic N) is 2. The molecule has 0 fully saturated rings. The van der Waals surface area contributed by atoms with Crippen LogP contribution in [0.2, 0.25) is 0 Å². The van der Waals surface area contributed by atoms with E-state index >= 15 is 0 Å². The molecule has 0 aliphatic rings. The van der Waals surface area contributed by atoms with E-state index in [9.17, 15) is 0 Å². The van der Waals surface area contributed by atoms with E-state index in [1.807, 2.05) is 6.92 Å². The minimum absolute atomic E-state index is 0.370. The van der Waals surface area contributed by atoms with E-state index in [1.165, 1.54) is 6.33 Å². The average molecular weight is 217 g/mol. The lowest BCUT2D eigenvalue weighted by molar-refractivity contribution is 0.143. The Morgan fingerprint density at radius 3 is 2.79 bits per heavy atom. The van der Waals surface area contributed by atoms with Gasteiger partial charge in [-0.2, -0.15) is 0 Å². The third-order valence-electron chi connectivity index (χ3n) is 1.80. The molecular formula is C9H13ClN2O2. The molecule has 0 unspecified atom stereocenters. The molecule has 14 heavy (non-hydrogen) atoms. The minimum atomic E-state index is 0.370. The summed E-state index contributed by atoms with van der Waals surface area (Å²) in [6.07, 6.45) is 1.45. The largest absolute Gasteiger partial charge is 0.475 e. The first-order valence-electron chi connectivity index (χ1n) is 4.27. The van der Waals surface area contributed by atoms with Crippen LogP contribution in [-0.2, 0) is 10.6 Å². The summed E-state index contributed by atoms with van der Waals surface area (Å²) in [5.41, 5.74) is 1.69. The molecule has 0 spiro atoms. The maximum Gasteiger partial charge on any atom is 0.219 e. The van der Waals surface area contributed by atoms with Gasteiger partial charge in [-0.05, 0) is 6.92 Å². The third kappa shape index (κ3) is 2.82. The van der Waals surface area contributed by atoms with Crippen molar-refractivity contribution in [3.05, 3.63) is 17.6 Å². The van der Waals surface area contributed by atoms with Crippen molar-refractivity contribution in [3.63, 3.8) is 0 Å². The predicted molar refractivity (Wildman–Crippen MR) is 53.7 cm³/mol. The van der Waals surface area contributed by atoms with E-state index in [1.54, 1.807) is 7.11 Å². The Hall–Kier alpha value is -0.870. The molecule has 0 aromatic carbocycles. The van der Waals surface area contributed by atoms with Gasteiger partial charge >= 0.3 is 0 Å². The van der Waals surface area contributed by atoms with Crippen molar-refractivity contribution in [3.8, 4) is 5.88 Å². The van der Waals surface area contributed by atoms with E-state index in [0.29, 0.717) is 25.0 Å². The van der Waals surface area contributed by atoms with Crippen molar-refractivity contribution < 1.29 is 9.47 Å². The molecule has 0 aliphatic carbocycles. The molecule has 1 aromatic rings. The van der Waals surface area contributed by atoms with Gasteiger partial charge < -0.3 is 9.47 Å². The number of methoxy groups -OCH3 is 1. The van der Waals surface area contributed by atoms with Gasteiger partial charge in [-0.25, -0.2) is 9.97 Å².